The lowest BCUT2D eigenvalue weighted by Crippen LogP contribution is -2.42. The Morgan fingerprint density at radius 1 is 1.19 bits per heavy atom. The second kappa shape index (κ2) is 10.5. The highest BCUT2D eigenvalue weighted by Crippen LogP contribution is 2.36. The number of alkyl halides is 1. The molecule has 2 N–H and O–H groups in total. The molecule has 1 amide bonds. The van der Waals surface area contributed by atoms with Crippen LogP contribution in [-0.2, 0) is 0 Å². The summed E-state index contributed by atoms with van der Waals surface area (Å²) in [4.78, 5) is 26.3. The van der Waals surface area contributed by atoms with Gasteiger partial charge in [-0.15, -0.1) is 0 Å². The Hall–Kier alpha value is -2.78. The molecule has 1 aromatic carbocycles. The lowest BCUT2D eigenvalue weighted by atomic mass is 9.95. The second-order valence-electron chi connectivity index (χ2n) is 10.3. The van der Waals surface area contributed by atoms with E-state index in [0.717, 1.165) is 32.2 Å². The topological polar surface area (TPSA) is 84.6 Å². The van der Waals surface area contributed by atoms with Gasteiger partial charge in [-0.1, -0.05) is 11.6 Å². The van der Waals surface area contributed by atoms with Crippen molar-refractivity contribution in [3.05, 3.63) is 57.5 Å². The Bertz CT molecular complexity index is 1220. The summed E-state index contributed by atoms with van der Waals surface area (Å²) < 4.78 is 33.7. The number of piperidine rings is 1. The summed E-state index contributed by atoms with van der Waals surface area (Å²) >= 11 is 6.22. The van der Waals surface area contributed by atoms with Gasteiger partial charge in [0.15, 0.2) is 5.82 Å². The molecule has 1 aromatic heterocycles. The van der Waals surface area contributed by atoms with Crippen molar-refractivity contribution in [1.82, 2.24) is 19.8 Å². The second-order valence-corrected chi connectivity index (χ2v) is 10.7. The highest BCUT2D eigenvalue weighted by molar-refractivity contribution is 6.31. The van der Waals surface area contributed by atoms with Crippen molar-refractivity contribution in [3.8, 4) is 5.75 Å². The number of hydrogen-bond donors (Lipinski definition) is 1. The molecule has 2 saturated heterocycles. The highest BCUT2D eigenvalue weighted by atomic mass is 35.5. The van der Waals surface area contributed by atoms with Crippen LogP contribution in [0.15, 0.2) is 23.9 Å². The average molecular weight is 532 g/mol. The first-order valence-electron chi connectivity index (χ1n) is 12.8. The summed E-state index contributed by atoms with van der Waals surface area (Å²) in [7, 11) is 0. The van der Waals surface area contributed by atoms with Gasteiger partial charge in [0.25, 0.3) is 5.91 Å². The molecule has 3 atom stereocenters. The number of hydrogen-bond acceptors (Lipinski definition) is 6. The summed E-state index contributed by atoms with van der Waals surface area (Å²) in [6, 6.07) is 4.25. The predicted octanol–water partition coefficient (Wildman–Crippen LogP) is 4.30. The summed E-state index contributed by atoms with van der Waals surface area (Å²) in [5.41, 5.74) is 9.07. The fourth-order valence-corrected chi connectivity index (χ4v) is 5.94. The van der Waals surface area contributed by atoms with Crippen LogP contribution < -0.4 is 10.5 Å². The first kappa shape index (κ1) is 25.9. The number of carbonyl (C=O) groups is 1. The van der Waals surface area contributed by atoms with Crippen molar-refractivity contribution >= 4 is 23.1 Å². The molecule has 0 radical (unpaired) electrons. The van der Waals surface area contributed by atoms with Gasteiger partial charge in [0.1, 0.15) is 24.3 Å². The molecule has 2 bridgehead atoms. The molecular formula is C27H32ClF2N5O2. The molecule has 4 heterocycles. The number of aryl methyl sites for hydroxylation is 2. The molecule has 0 unspecified atom stereocenters. The molecule has 3 aliphatic heterocycles. The lowest BCUT2D eigenvalue weighted by Gasteiger charge is -2.35. The molecule has 1 saturated carbocycles. The number of nitrogens with two attached hydrogens (primary N) is 1. The summed E-state index contributed by atoms with van der Waals surface area (Å²) in [5, 5.41) is 0.502. The van der Waals surface area contributed by atoms with Crippen LogP contribution in [-0.4, -0.2) is 70.7 Å². The van der Waals surface area contributed by atoms with E-state index < -0.39 is 5.82 Å². The summed E-state index contributed by atoms with van der Waals surface area (Å²) in [6.45, 7) is 4.96. The minimum atomic E-state index is -0.470. The summed E-state index contributed by atoms with van der Waals surface area (Å²) in [6.07, 6.45) is 3.46. The summed E-state index contributed by atoms with van der Waals surface area (Å²) in [5.74, 6) is 0.317. The molecule has 10 heteroatoms. The van der Waals surface area contributed by atoms with Gasteiger partial charge < -0.3 is 15.4 Å². The fraction of sp³-hybridized carbons (Fsp3) is 0.519. The Balaban J connectivity index is 1.34. The first-order valence-corrected chi connectivity index (χ1v) is 13.1. The van der Waals surface area contributed by atoms with Gasteiger partial charge >= 0.3 is 0 Å². The largest absolute Gasteiger partial charge is 0.489 e. The molecule has 6 rings (SSSR count). The normalized spacial score (nSPS) is 24.0. The monoisotopic (exact) mass is 531 g/mol. The van der Waals surface area contributed by atoms with Gasteiger partial charge in [-0.3, -0.25) is 9.69 Å². The fourth-order valence-electron chi connectivity index (χ4n) is 5.86. The maximum atomic E-state index is 14.3. The average Bonchev–Trinajstić information content (AvgIpc) is 3.04. The van der Waals surface area contributed by atoms with Crippen LogP contribution in [0.5, 0.6) is 5.75 Å². The van der Waals surface area contributed by atoms with Crippen molar-refractivity contribution in [1.29, 1.82) is 0 Å². The van der Waals surface area contributed by atoms with Gasteiger partial charge in [0.2, 0.25) is 0 Å². The van der Waals surface area contributed by atoms with E-state index in [1.165, 1.54) is 18.2 Å². The van der Waals surface area contributed by atoms with Gasteiger partial charge in [-0.05, 0) is 57.6 Å². The van der Waals surface area contributed by atoms with Crippen LogP contribution in [0.2, 0.25) is 5.02 Å². The van der Waals surface area contributed by atoms with Gasteiger partial charge in [-0.25, -0.2) is 18.7 Å². The minimum Gasteiger partial charge on any atom is -0.489 e. The highest BCUT2D eigenvalue weighted by Gasteiger charge is 2.37. The molecule has 3 fully saturated rings. The van der Waals surface area contributed by atoms with Crippen molar-refractivity contribution in [2.45, 2.75) is 51.7 Å². The molecule has 4 aliphatic rings. The third-order valence-corrected chi connectivity index (χ3v) is 8.27. The van der Waals surface area contributed by atoms with E-state index in [2.05, 4.69) is 14.9 Å². The number of aromatic nitrogens is 2. The Morgan fingerprint density at radius 2 is 1.95 bits per heavy atom. The third-order valence-electron chi connectivity index (χ3n) is 7.73. The van der Waals surface area contributed by atoms with E-state index in [0.29, 0.717) is 46.0 Å². The Labute approximate surface area is 220 Å². The zero-order chi connectivity index (χ0) is 26.3. The number of carbonyl (C=O) groups excluding carboxylic acids is 1. The van der Waals surface area contributed by atoms with Gasteiger partial charge in [0.05, 0.1) is 35.1 Å². The number of nitrogens with zero attached hydrogens (tertiary/aromatic N) is 4. The zero-order valence-electron chi connectivity index (χ0n) is 21.1. The van der Waals surface area contributed by atoms with Crippen molar-refractivity contribution in [3.63, 3.8) is 0 Å². The maximum absolute atomic E-state index is 14.3. The van der Waals surface area contributed by atoms with Crippen molar-refractivity contribution < 1.29 is 18.3 Å². The van der Waals surface area contributed by atoms with Crippen LogP contribution >= 0.6 is 11.6 Å². The van der Waals surface area contributed by atoms with E-state index >= 15 is 0 Å². The van der Waals surface area contributed by atoms with Crippen molar-refractivity contribution in [2.75, 3.05) is 32.9 Å². The molecule has 7 nitrogen and oxygen atoms in total. The maximum Gasteiger partial charge on any atom is 0.258 e. The predicted molar refractivity (Wildman–Crippen MR) is 138 cm³/mol. The molecule has 1 aliphatic carbocycles. The van der Waals surface area contributed by atoms with Crippen LogP contribution in [0.3, 0.4) is 0 Å². The van der Waals surface area contributed by atoms with E-state index in [9.17, 15) is 13.6 Å². The lowest BCUT2D eigenvalue weighted by molar-refractivity contribution is 0.0788. The molecule has 198 valence electrons. The molecule has 37 heavy (non-hydrogen) atoms. The van der Waals surface area contributed by atoms with Crippen LogP contribution in [0.4, 0.5) is 8.78 Å². The van der Waals surface area contributed by atoms with Gasteiger partial charge in [-0.2, -0.15) is 0 Å². The van der Waals surface area contributed by atoms with Crippen LogP contribution in [0.1, 0.15) is 53.3 Å². The van der Waals surface area contributed by atoms with E-state index in [-0.39, 0.29) is 49.1 Å². The number of amides is 1. The van der Waals surface area contributed by atoms with Crippen LogP contribution in [0, 0.1) is 25.6 Å². The van der Waals surface area contributed by atoms with Gasteiger partial charge in [0, 0.05) is 36.5 Å². The number of benzene rings is 1. The zero-order valence-corrected chi connectivity index (χ0v) is 21.9. The number of rotatable bonds is 6. The van der Waals surface area contributed by atoms with E-state index in [1.54, 1.807) is 18.7 Å². The first-order chi connectivity index (χ1) is 17.7. The Kier molecular flexibility index (Phi) is 7.36. The van der Waals surface area contributed by atoms with E-state index in [1.807, 2.05) is 0 Å². The smallest absolute Gasteiger partial charge is 0.258 e. The van der Waals surface area contributed by atoms with Crippen LogP contribution in [0.25, 0.3) is 5.57 Å². The molecular weight excluding hydrogens is 500 g/mol. The molecule has 0 spiro atoms. The number of halogens is 3. The minimum absolute atomic E-state index is 0.166. The number of fused-ring (bicyclic) bond motifs is 4. The third kappa shape index (κ3) is 5.29. The standard InChI is InChI=1S/C27H32ClF2N5O2/c1-15-25(28)16(2)33-26(32-15)22-13-35(14-23(22)31)27(36)21-6-4-18(30)10-24(21)37-20-9-17-3-5-19(11-20)34(12-17)8-7-29/h4,6,10,17,19-20H,3,5,7-9,11-14,31H2,1-2H3/t17-,19-,20-/m1/s1. The Morgan fingerprint density at radius 3 is 2.68 bits per heavy atom. The quantitative estimate of drug-likeness (QED) is 0.598. The van der Waals surface area contributed by atoms with E-state index in [4.69, 9.17) is 22.1 Å². The number of ether oxygens (including phenoxy) is 1. The SMILES string of the molecule is Cc1nc(C2=C(N)CN(C(=O)c3ccc(F)cc3O[C@@H]3C[C@H]4CC[C@H](C3)N(CCF)C4)C2)nc(C)c1Cl. The molecule has 2 aromatic rings. The van der Waals surface area contributed by atoms with Crippen molar-refractivity contribution in [2.24, 2.45) is 11.7 Å².